The summed E-state index contributed by atoms with van der Waals surface area (Å²) in [6.45, 7) is 14.9. The topological polar surface area (TPSA) is 54.4 Å². The molecule has 4 rings (SSSR count). The Labute approximate surface area is 200 Å². The number of fused-ring (bicyclic) bond motifs is 2. The molecule has 0 saturated heterocycles. The zero-order chi connectivity index (χ0) is 24.3. The van der Waals surface area contributed by atoms with Crippen molar-refractivity contribution in [1.82, 2.24) is 0 Å². The second-order valence-electron chi connectivity index (χ2n) is 12.6. The van der Waals surface area contributed by atoms with Crippen molar-refractivity contribution in [1.29, 1.82) is 0 Å². The Hall–Kier alpha value is -1.90. The summed E-state index contributed by atoms with van der Waals surface area (Å²) >= 11 is 0. The summed E-state index contributed by atoms with van der Waals surface area (Å²) < 4.78 is 0. The van der Waals surface area contributed by atoms with E-state index in [-0.39, 0.29) is 34.7 Å². The standard InChI is InChI=1S/C30H42O3/c1-18(2)10-8-11-20-12-15-30-17-21(19(3)4)23(31)25(33)27(30)29(7)14-9-13-28(5,6)26(29)24(32)22(30)16-20/h10,12,17,19,22,26,33H,8-9,11,13-16H2,1-7H3/t22-,26+,29+,30+/m1/s1. The van der Waals surface area contributed by atoms with Gasteiger partial charge in [-0.05, 0) is 69.3 Å². The highest BCUT2D eigenvalue weighted by atomic mass is 16.3. The highest BCUT2D eigenvalue weighted by Crippen LogP contribution is 2.69. The molecule has 4 aliphatic rings. The van der Waals surface area contributed by atoms with Crippen LogP contribution in [0.2, 0.25) is 0 Å². The van der Waals surface area contributed by atoms with Gasteiger partial charge in [-0.1, -0.05) is 70.4 Å². The van der Waals surface area contributed by atoms with E-state index in [9.17, 15) is 14.7 Å². The number of Topliss-reactive ketones (excluding diaryl/α,β-unsaturated/α-hetero) is 2. The van der Waals surface area contributed by atoms with Crippen LogP contribution < -0.4 is 0 Å². The molecule has 0 heterocycles. The van der Waals surface area contributed by atoms with Gasteiger partial charge in [-0.2, -0.15) is 0 Å². The lowest BCUT2D eigenvalue weighted by atomic mass is 9.39. The van der Waals surface area contributed by atoms with Crippen LogP contribution in [-0.4, -0.2) is 16.7 Å². The molecular weight excluding hydrogens is 408 g/mol. The maximum Gasteiger partial charge on any atom is 0.223 e. The minimum Gasteiger partial charge on any atom is -0.504 e. The van der Waals surface area contributed by atoms with Crippen molar-refractivity contribution < 1.29 is 14.7 Å². The van der Waals surface area contributed by atoms with Crippen molar-refractivity contribution in [2.75, 3.05) is 0 Å². The third-order valence-corrected chi connectivity index (χ3v) is 9.18. The quantitative estimate of drug-likeness (QED) is 0.453. The zero-order valence-electron chi connectivity index (χ0n) is 21.7. The second kappa shape index (κ2) is 8.10. The van der Waals surface area contributed by atoms with Crippen molar-refractivity contribution in [3.63, 3.8) is 0 Å². The SMILES string of the molecule is CC(C)=CCCC1=CC[C@@]23C=C(C(C)C)C(=O)C(O)=C2[C@@]2(C)CCCC(C)(C)[C@@H]2C(=O)[C@H]3C1. The first-order chi connectivity index (χ1) is 15.3. The molecule has 0 aromatic carbocycles. The monoisotopic (exact) mass is 450 g/mol. The predicted octanol–water partition coefficient (Wildman–Crippen LogP) is 7.45. The van der Waals surface area contributed by atoms with E-state index in [0.29, 0.717) is 17.8 Å². The molecule has 0 amide bonds. The molecule has 3 nitrogen and oxygen atoms in total. The van der Waals surface area contributed by atoms with E-state index < -0.39 is 10.8 Å². The van der Waals surface area contributed by atoms with Gasteiger partial charge in [0.25, 0.3) is 0 Å². The first kappa shape index (κ1) is 24.2. The zero-order valence-corrected chi connectivity index (χ0v) is 21.7. The average Bonchev–Trinajstić information content (AvgIpc) is 2.70. The lowest BCUT2D eigenvalue weighted by Crippen LogP contribution is -2.61. The van der Waals surface area contributed by atoms with Gasteiger partial charge in [0.15, 0.2) is 5.76 Å². The van der Waals surface area contributed by atoms with E-state index in [2.05, 4.69) is 52.8 Å². The number of hydrogen-bond acceptors (Lipinski definition) is 3. The van der Waals surface area contributed by atoms with Gasteiger partial charge >= 0.3 is 0 Å². The molecule has 0 aromatic heterocycles. The highest BCUT2D eigenvalue weighted by Gasteiger charge is 2.66. The van der Waals surface area contributed by atoms with Crippen LogP contribution >= 0.6 is 0 Å². The largest absolute Gasteiger partial charge is 0.504 e. The van der Waals surface area contributed by atoms with Gasteiger partial charge in [0.05, 0.1) is 0 Å². The van der Waals surface area contributed by atoms with E-state index in [4.69, 9.17) is 0 Å². The molecule has 0 bridgehead atoms. The minimum absolute atomic E-state index is 0.0164. The summed E-state index contributed by atoms with van der Waals surface area (Å²) in [5.41, 5.74) is 3.05. The first-order valence-electron chi connectivity index (χ1n) is 12.9. The summed E-state index contributed by atoms with van der Waals surface area (Å²) in [6.07, 6.45) is 13.0. The molecular formula is C30H42O3. The molecule has 1 spiro atoms. The fourth-order valence-corrected chi connectivity index (χ4v) is 7.87. The number of aliphatic hydroxyl groups excluding tert-OH is 1. The van der Waals surface area contributed by atoms with Crippen molar-refractivity contribution in [2.45, 2.75) is 93.4 Å². The van der Waals surface area contributed by atoms with Crippen molar-refractivity contribution >= 4 is 11.6 Å². The molecule has 0 aliphatic heterocycles. The third kappa shape index (κ3) is 3.61. The smallest absolute Gasteiger partial charge is 0.223 e. The summed E-state index contributed by atoms with van der Waals surface area (Å²) in [7, 11) is 0. The van der Waals surface area contributed by atoms with E-state index in [1.54, 1.807) is 0 Å². The van der Waals surface area contributed by atoms with Gasteiger partial charge in [-0.3, -0.25) is 9.59 Å². The molecule has 180 valence electrons. The fourth-order valence-electron chi connectivity index (χ4n) is 7.87. The molecule has 0 unspecified atom stereocenters. The molecule has 0 aromatic rings. The molecule has 2 saturated carbocycles. The maximum atomic E-state index is 14.4. The van der Waals surface area contributed by atoms with Crippen LogP contribution in [0.25, 0.3) is 0 Å². The molecule has 33 heavy (non-hydrogen) atoms. The van der Waals surface area contributed by atoms with Crippen LogP contribution in [-0.2, 0) is 9.59 Å². The summed E-state index contributed by atoms with van der Waals surface area (Å²) in [4.78, 5) is 27.7. The molecule has 4 atom stereocenters. The summed E-state index contributed by atoms with van der Waals surface area (Å²) in [6, 6.07) is 0. The number of carbonyl (C=O) groups excluding carboxylic acids is 2. The van der Waals surface area contributed by atoms with Gasteiger partial charge in [0, 0.05) is 28.2 Å². The first-order valence-corrected chi connectivity index (χ1v) is 12.9. The highest BCUT2D eigenvalue weighted by molar-refractivity contribution is 6.10. The van der Waals surface area contributed by atoms with Gasteiger partial charge in [0.2, 0.25) is 5.78 Å². The molecule has 3 heteroatoms. The number of aliphatic hydroxyl groups is 1. The number of rotatable bonds is 4. The van der Waals surface area contributed by atoms with Crippen LogP contribution in [0.3, 0.4) is 0 Å². The third-order valence-electron chi connectivity index (χ3n) is 9.18. The number of ketones is 2. The van der Waals surface area contributed by atoms with Crippen molar-refractivity contribution in [3.05, 3.63) is 46.3 Å². The molecule has 4 aliphatic carbocycles. The van der Waals surface area contributed by atoms with Crippen LogP contribution in [0.5, 0.6) is 0 Å². The normalized spacial score (nSPS) is 35.4. The van der Waals surface area contributed by atoms with Gasteiger partial charge in [-0.15, -0.1) is 0 Å². The van der Waals surface area contributed by atoms with Gasteiger partial charge in [0.1, 0.15) is 5.78 Å². The second-order valence-corrected chi connectivity index (χ2v) is 12.6. The van der Waals surface area contributed by atoms with Crippen LogP contribution in [0.15, 0.2) is 46.3 Å². The summed E-state index contributed by atoms with van der Waals surface area (Å²) in [5, 5.41) is 11.5. The average molecular weight is 451 g/mol. The van der Waals surface area contributed by atoms with E-state index >= 15 is 0 Å². The van der Waals surface area contributed by atoms with Crippen LogP contribution in [0.1, 0.15) is 93.4 Å². The van der Waals surface area contributed by atoms with Gasteiger partial charge < -0.3 is 5.11 Å². The number of carbonyl (C=O) groups is 2. The lowest BCUT2D eigenvalue weighted by Gasteiger charge is -2.62. The Bertz CT molecular complexity index is 998. The van der Waals surface area contributed by atoms with Crippen molar-refractivity contribution in [2.24, 2.45) is 34.0 Å². The fraction of sp³-hybridized carbons (Fsp3) is 0.667. The van der Waals surface area contributed by atoms with E-state index in [1.807, 2.05) is 13.8 Å². The predicted molar refractivity (Wildman–Crippen MR) is 134 cm³/mol. The van der Waals surface area contributed by atoms with E-state index in [1.165, 1.54) is 11.1 Å². The Kier molecular flexibility index (Phi) is 5.95. The Morgan fingerprint density at radius 2 is 1.88 bits per heavy atom. The molecule has 2 fully saturated rings. The molecule has 0 radical (unpaired) electrons. The van der Waals surface area contributed by atoms with Gasteiger partial charge in [-0.25, -0.2) is 0 Å². The minimum atomic E-state index is -0.562. The Balaban J connectivity index is 1.90. The van der Waals surface area contributed by atoms with Crippen LogP contribution in [0, 0.1) is 34.0 Å². The summed E-state index contributed by atoms with van der Waals surface area (Å²) in [5.74, 6) is -0.250. The van der Waals surface area contributed by atoms with Crippen molar-refractivity contribution in [3.8, 4) is 0 Å². The molecule has 1 N–H and O–H groups in total. The van der Waals surface area contributed by atoms with Crippen LogP contribution in [0.4, 0.5) is 0 Å². The van der Waals surface area contributed by atoms with E-state index in [0.717, 1.165) is 44.1 Å². The maximum absolute atomic E-state index is 14.4. The number of allylic oxidation sites excluding steroid dienone is 7. The Morgan fingerprint density at radius 1 is 1.18 bits per heavy atom. The lowest BCUT2D eigenvalue weighted by molar-refractivity contribution is -0.150. The Morgan fingerprint density at radius 3 is 2.52 bits per heavy atom. The number of hydrogen-bond donors (Lipinski definition) is 1.